The van der Waals surface area contributed by atoms with Gasteiger partial charge in [-0.3, -0.25) is 0 Å². The molecule has 0 aliphatic heterocycles. The van der Waals surface area contributed by atoms with Crippen LogP contribution < -0.4 is 5.32 Å². The lowest BCUT2D eigenvalue weighted by Gasteiger charge is -2.15. The lowest BCUT2D eigenvalue weighted by atomic mass is 10.2. The van der Waals surface area contributed by atoms with Crippen molar-refractivity contribution in [2.75, 3.05) is 17.3 Å². The van der Waals surface area contributed by atoms with Crippen LogP contribution in [0.25, 0.3) is 11.0 Å². The first-order chi connectivity index (χ1) is 8.37. The summed E-state index contributed by atoms with van der Waals surface area (Å²) in [5.41, 5.74) is 2.06. The van der Waals surface area contributed by atoms with Crippen LogP contribution in [-0.4, -0.2) is 35.2 Å². The molecule has 1 atom stereocenters. The molecule has 0 amide bonds. The van der Waals surface area contributed by atoms with E-state index in [0.717, 1.165) is 17.2 Å². The van der Waals surface area contributed by atoms with Gasteiger partial charge in [0.2, 0.25) is 0 Å². The Kier molecular flexibility index (Phi) is 3.74. The summed E-state index contributed by atoms with van der Waals surface area (Å²) in [4.78, 5) is 0. The fourth-order valence-electron chi connectivity index (χ4n) is 1.71. The second kappa shape index (κ2) is 4.99. The predicted octanol–water partition coefficient (Wildman–Crippen LogP) is 2.19. The summed E-state index contributed by atoms with van der Waals surface area (Å²) in [6.07, 6.45) is 1.21. The van der Waals surface area contributed by atoms with Gasteiger partial charge in [-0.25, -0.2) is 8.42 Å². The summed E-state index contributed by atoms with van der Waals surface area (Å²) >= 11 is 7.20. The van der Waals surface area contributed by atoms with E-state index in [1.54, 1.807) is 19.1 Å². The van der Waals surface area contributed by atoms with Gasteiger partial charge in [-0.05, 0) is 19.1 Å². The number of nitrogens with zero attached hydrogens (tertiary/aromatic N) is 2. The minimum absolute atomic E-state index is 0.0390. The highest BCUT2D eigenvalue weighted by molar-refractivity contribution is 7.90. The standard InChI is InChI=1S/C10H12ClN3O2S2/c1-6(5-18(2,15)16)12-9-7(11)3-4-8-10(9)14-17-13-8/h3-4,6,12H,5H2,1-2H3. The molecule has 1 aromatic carbocycles. The third-order valence-electron chi connectivity index (χ3n) is 2.32. The predicted molar refractivity (Wildman–Crippen MR) is 75.2 cm³/mol. The first-order valence-electron chi connectivity index (χ1n) is 5.22. The van der Waals surface area contributed by atoms with E-state index in [4.69, 9.17) is 11.6 Å². The van der Waals surface area contributed by atoms with Crippen molar-refractivity contribution in [3.05, 3.63) is 17.2 Å². The van der Waals surface area contributed by atoms with Gasteiger partial charge < -0.3 is 5.32 Å². The lowest BCUT2D eigenvalue weighted by Crippen LogP contribution is -2.25. The van der Waals surface area contributed by atoms with E-state index in [0.29, 0.717) is 16.2 Å². The van der Waals surface area contributed by atoms with Crippen LogP contribution in [0.3, 0.4) is 0 Å². The molecular weight excluding hydrogens is 294 g/mol. The molecule has 2 rings (SSSR count). The van der Waals surface area contributed by atoms with Crippen LogP contribution in [0.15, 0.2) is 12.1 Å². The summed E-state index contributed by atoms with van der Waals surface area (Å²) in [6, 6.07) is 3.26. The molecule has 0 fully saturated rings. The fraction of sp³-hybridized carbons (Fsp3) is 0.400. The molecule has 5 nitrogen and oxygen atoms in total. The molecule has 0 aliphatic carbocycles. The van der Waals surface area contributed by atoms with Crippen LogP contribution >= 0.6 is 23.3 Å². The molecule has 0 saturated carbocycles. The molecular formula is C10H12ClN3O2S2. The minimum atomic E-state index is -3.04. The van der Waals surface area contributed by atoms with Gasteiger partial charge in [0.1, 0.15) is 20.9 Å². The Hall–Kier alpha value is -0.920. The summed E-state index contributed by atoms with van der Waals surface area (Å²) in [6.45, 7) is 1.79. The molecule has 98 valence electrons. The molecule has 1 heterocycles. The third-order valence-corrected chi connectivity index (χ3v) is 4.28. The second-order valence-electron chi connectivity index (χ2n) is 4.19. The van der Waals surface area contributed by atoms with Crippen molar-refractivity contribution in [2.45, 2.75) is 13.0 Å². The molecule has 0 spiro atoms. The van der Waals surface area contributed by atoms with Gasteiger partial charge in [0.25, 0.3) is 0 Å². The van der Waals surface area contributed by atoms with Crippen LogP contribution in [0.4, 0.5) is 5.69 Å². The topological polar surface area (TPSA) is 72.0 Å². The Labute approximate surface area is 114 Å². The third kappa shape index (κ3) is 3.09. The quantitative estimate of drug-likeness (QED) is 0.937. The smallest absolute Gasteiger partial charge is 0.149 e. The van der Waals surface area contributed by atoms with Gasteiger partial charge in [0, 0.05) is 12.3 Å². The van der Waals surface area contributed by atoms with Crippen molar-refractivity contribution in [1.29, 1.82) is 0 Å². The normalized spacial score (nSPS) is 13.7. The maximum absolute atomic E-state index is 11.2. The number of hydrogen-bond acceptors (Lipinski definition) is 6. The van der Waals surface area contributed by atoms with Crippen molar-refractivity contribution < 1.29 is 8.42 Å². The van der Waals surface area contributed by atoms with E-state index in [9.17, 15) is 8.42 Å². The average molecular weight is 306 g/mol. The molecule has 1 unspecified atom stereocenters. The first kappa shape index (κ1) is 13.5. The van der Waals surface area contributed by atoms with Gasteiger partial charge in [-0.15, -0.1) is 0 Å². The van der Waals surface area contributed by atoms with E-state index in [1.165, 1.54) is 6.26 Å². The average Bonchev–Trinajstić information content (AvgIpc) is 2.67. The molecule has 18 heavy (non-hydrogen) atoms. The van der Waals surface area contributed by atoms with Crippen LogP contribution in [0, 0.1) is 0 Å². The molecule has 1 N–H and O–H groups in total. The number of nitrogens with one attached hydrogen (secondary N) is 1. The highest BCUT2D eigenvalue weighted by Crippen LogP contribution is 2.30. The molecule has 0 radical (unpaired) electrons. The number of rotatable bonds is 4. The van der Waals surface area contributed by atoms with Crippen molar-refractivity contribution in [2.24, 2.45) is 0 Å². The van der Waals surface area contributed by atoms with Gasteiger partial charge in [0.15, 0.2) is 0 Å². The molecule has 8 heteroatoms. The van der Waals surface area contributed by atoms with Crippen LogP contribution in [0.2, 0.25) is 5.02 Å². The number of anilines is 1. The van der Waals surface area contributed by atoms with Crippen molar-refractivity contribution in [1.82, 2.24) is 8.75 Å². The van der Waals surface area contributed by atoms with Gasteiger partial charge in [-0.1, -0.05) is 11.6 Å². The maximum atomic E-state index is 11.2. The van der Waals surface area contributed by atoms with Crippen LogP contribution in [-0.2, 0) is 9.84 Å². The molecule has 0 saturated heterocycles. The van der Waals surface area contributed by atoms with Gasteiger partial charge in [-0.2, -0.15) is 8.75 Å². The van der Waals surface area contributed by atoms with E-state index < -0.39 is 9.84 Å². The summed E-state index contributed by atoms with van der Waals surface area (Å²) in [5.74, 6) is 0.0390. The molecule has 1 aromatic heterocycles. The highest BCUT2D eigenvalue weighted by atomic mass is 35.5. The van der Waals surface area contributed by atoms with Crippen molar-refractivity contribution >= 4 is 49.9 Å². The summed E-state index contributed by atoms with van der Waals surface area (Å²) < 4.78 is 30.7. The summed E-state index contributed by atoms with van der Waals surface area (Å²) in [5, 5.41) is 3.60. The number of aromatic nitrogens is 2. The van der Waals surface area contributed by atoms with E-state index in [1.807, 2.05) is 0 Å². The Morgan fingerprint density at radius 2 is 2.17 bits per heavy atom. The number of halogens is 1. The highest BCUT2D eigenvalue weighted by Gasteiger charge is 2.15. The number of benzene rings is 1. The molecule has 0 bridgehead atoms. The zero-order valence-electron chi connectivity index (χ0n) is 9.84. The van der Waals surface area contributed by atoms with Crippen molar-refractivity contribution in [3.63, 3.8) is 0 Å². The lowest BCUT2D eigenvalue weighted by molar-refractivity contribution is 0.598. The Morgan fingerprint density at radius 1 is 1.44 bits per heavy atom. The SMILES string of the molecule is CC(CS(C)(=O)=O)Nc1c(Cl)ccc2nsnc12. The molecule has 0 aliphatic rings. The first-order valence-corrected chi connectivity index (χ1v) is 8.39. The monoisotopic (exact) mass is 305 g/mol. The second-order valence-corrected chi connectivity index (χ2v) is 7.31. The number of hydrogen-bond donors (Lipinski definition) is 1. The van der Waals surface area contributed by atoms with Crippen LogP contribution in [0.1, 0.15) is 6.92 Å². The largest absolute Gasteiger partial charge is 0.379 e. The summed E-state index contributed by atoms with van der Waals surface area (Å²) in [7, 11) is -3.04. The fourth-order valence-corrected chi connectivity index (χ4v) is 3.45. The van der Waals surface area contributed by atoms with E-state index in [-0.39, 0.29) is 11.8 Å². The Bertz CT molecular complexity index is 669. The Balaban J connectivity index is 2.31. The molecule has 2 aromatic rings. The number of sulfone groups is 1. The minimum Gasteiger partial charge on any atom is -0.379 e. The van der Waals surface area contributed by atoms with Gasteiger partial charge >= 0.3 is 0 Å². The number of fused-ring (bicyclic) bond motifs is 1. The van der Waals surface area contributed by atoms with Crippen molar-refractivity contribution in [3.8, 4) is 0 Å². The Morgan fingerprint density at radius 3 is 2.83 bits per heavy atom. The zero-order valence-corrected chi connectivity index (χ0v) is 12.2. The van der Waals surface area contributed by atoms with E-state index >= 15 is 0 Å². The van der Waals surface area contributed by atoms with Gasteiger partial charge in [0.05, 0.1) is 28.2 Å². The zero-order chi connectivity index (χ0) is 13.3. The van der Waals surface area contributed by atoms with Crippen LogP contribution in [0.5, 0.6) is 0 Å². The maximum Gasteiger partial charge on any atom is 0.149 e. The van der Waals surface area contributed by atoms with E-state index in [2.05, 4.69) is 14.1 Å².